The molecule has 0 aromatic heterocycles. The molecule has 0 spiro atoms. The minimum atomic E-state index is 0.753. The number of rotatable bonds is 2. The number of nitrogens with zero attached hydrogens (tertiary/aromatic N) is 1. The molecule has 1 aliphatic heterocycles. The molecule has 1 aromatic carbocycles. The Balaban J connectivity index is 2.43. The van der Waals surface area contributed by atoms with E-state index in [0.717, 1.165) is 33.0 Å². The van der Waals surface area contributed by atoms with Crippen LogP contribution in [0.5, 0.6) is 0 Å². The fraction of sp³-hybridized carbons (Fsp3) is 0.143. The second kappa shape index (κ2) is 5.11. The van der Waals surface area contributed by atoms with Crippen LogP contribution in [-0.4, -0.2) is 11.4 Å². The molecule has 88 valence electrons. The standard InChI is InChI=1S/C14H13BrClN/c1-3-17-10(2)13(15)8-9-14(17)11-4-6-12(16)7-5-11/h4-9H,2-3H2,1H3. The maximum absolute atomic E-state index is 5.90. The van der Waals surface area contributed by atoms with Crippen molar-refractivity contribution in [3.05, 3.63) is 63.8 Å². The molecule has 3 heteroatoms. The van der Waals surface area contributed by atoms with Gasteiger partial charge in [0.15, 0.2) is 0 Å². The Kier molecular flexibility index (Phi) is 3.75. The Morgan fingerprint density at radius 1 is 1.24 bits per heavy atom. The van der Waals surface area contributed by atoms with Crippen molar-refractivity contribution in [3.63, 3.8) is 0 Å². The molecule has 0 saturated heterocycles. The minimum Gasteiger partial charge on any atom is -0.341 e. The largest absolute Gasteiger partial charge is 0.341 e. The van der Waals surface area contributed by atoms with Gasteiger partial charge in [-0.25, -0.2) is 0 Å². The third-order valence-electron chi connectivity index (χ3n) is 2.74. The topological polar surface area (TPSA) is 3.24 Å². The van der Waals surface area contributed by atoms with Crippen LogP contribution >= 0.6 is 27.5 Å². The van der Waals surface area contributed by atoms with Gasteiger partial charge in [-0.3, -0.25) is 0 Å². The third kappa shape index (κ3) is 2.48. The highest BCUT2D eigenvalue weighted by atomic mass is 79.9. The van der Waals surface area contributed by atoms with Crippen molar-refractivity contribution in [1.29, 1.82) is 0 Å². The Hall–Kier alpha value is -0.990. The third-order valence-corrected chi connectivity index (χ3v) is 3.71. The molecule has 0 aliphatic carbocycles. The Labute approximate surface area is 115 Å². The molecule has 0 N–H and O–H groups in total. The summed E-state index contributed by atoms with van der Waals surface area (Å²) in [5.74, 6) is 0. The molecule has 1 nitrogen and oxygen atoms in total. The fourth-order valence-corrected chi connectivity index (χ4v) is 2.32. The van der Waals surface area contributed by atoms with Crippen molar-refractivity contribution < 1.29 is 0 Å². The monoisotopic (exact) mass is 309 g/mol. The number of allylic oxidation sites excluding steroid dienone is 3. The summed E-state index contributed by atoms with van der Waals surface area (Å²) < 4.78 is 1.03. The van der Waals surface area contributed by atoms with Crippen LogP contribution in [0.3, 0.4) is 0 Å². The predicted octanol–water partition coefficient (Wildman–Crippen LogP) is 4.81. The van der Waals surface area contributed by atoms with Gasteiger partial charge in [-0.05, 0) is 52.7 Å². The van der Waals surface area contributed by atoms with E-state index in [2.05, 4.69) is 40.4 Å². The smallest absolute Gasteiger partial charge is 0.0484 e. The lowest BCUT2D eigenvalue weighted by atomic mass is 10.1. The normalized spacial score (nSPS) is 15.7. The zero-order valence-corrected chi connectivity index (χ0v) is 11.9. The van der Waals surface area contributed by atoms with Crippen molar-refractivity contribution in [3.8, 4) is 0 Å². The van der Waals surface area contributed by atoms with Crippen molar-refractivity contribution in [2.45, 2.75) is 6.92 Å². The molecule has 0 amide bonds. The highest BCUT2D eigenvalue weighted by molar-refractivity contribution is 9.12. The summed E-state index contributed by atoms with van der Waals surface area (Å²) in [7, 11) is 0. The summed E-state index contributed by atoms with van der Waals surface area (Å²) in [5.41, 5.74) is 3.28. The van der Waals surface area contributed by atoms with Crippen LogP contribution in [0.4, 0.5) is 0 Å². The first-order valence-electron chi connectivity index (χ1n) is 5.43. The second-order valence-electron chi connectivity index (χ2n) is 3.76. The van der Waals surface area contributed by atoms with E-state index >= 15 is 0 Å². The first-order valence-corrected chi connectivity index (χ1v) is 6.61. The molecule has 0 bridgehead atoms. The molecular weight excluding hydrogens is 298 g/mol. The molecule has 0 atom stereocenters. The summed E-state index contributed by atoms with van der Waals surface area (Å²) in [6.07, 6.45) is 4.12. The predicted molar refractivity (Wildman–Crippen MR) is 78.0 cm³/mol. The van der Waals surface area contributed by atoms with Gasteiger partial charge < -0.3 is 4.90 Å². The molecule has 0 fully saturated rings. The quantitative estimate of drug-likeness (QED) is 0.758. The highest BCUT2D eigenvalue weighted by Crippen LogP contribution is 2.33. The minimum absolute atomic E-state index is 0.753. The number of hydrogen-bond donors (Lipinski definition) is 0. The van der Waals surface area contributed by atoms with Gasteiger partial charge in [0.1, 0.15) is 0 Å². The Bertz CT molecular complexity index is 499. The molecule has 0 unspecified atom stereocenters. The Morgan fingerprint density at radius 2 is 1.88 bits per heavy atom. The highest BCUT2D eigenvalue weighted by Gasteiger charge is 2.17. The zero-order valence-electron chi connectivity index (χ0n) is 9.58. The SMILES string of the molecule is C=C1C(Br)=CC=C(c2ccc(Cl)cc2)N1CC. The molecule has 1 aromatic rings. The maximum Gasteiger partial charge on any atom is 0.0484 e. The van der Waals surface area contributed by atoms with Gasteiger partial charge in [-0.1, -0.05) is 30.3 Å². The van der Waals surface area contributed by atoms with Gasteiger partial charge in [0, 0.05) is 27.4 Å². The summed E-state index contributed by atoms with van der Waals surface area (Å²) in [6.45, 7) is 7.08. The number of hydrogen-bond acceptors (Lipinski definition) is 1. The van der Waals surface area contributed by atoms with Crippen LogP contribution in [0.1, 0.15) is 12.5 Å². The van der Waals surface area contributed by atoms with Gasteiger partial charge in [-0.15, -0.1) is 0 Å². The van der Waals surface area contributed by atoms with E-state index in [1.54, 1.807) is 0 Å². The Morgan fingerprint density at radius 3 is 2.47 bits per heavy atom. The lowest BCUT2D eigenvalue weighted by Gasteiger charge is -2.30. The van der Waals surface area contributed by atoms with Crippen LogP contribution in [-0.2, 0) is 0 Å². The van der Waals surface area contributed by atoms with Gasteiger partial charge in [-0.2, -0.15) is 0 Å². The molecule has 1 aliphatic rings. The lowest BCUT2D eigenvalue weighted by Crippen LogP contribution is -2.22. The molecule has 0 radical (unpaired) electrons. The van der Waals surface area contributed by atoms with Crippen molar-refractivity contribution in [2.24, 2.45) is 0 Å². The van der Waals surface area contributed by atoms with Crippen LogP contribution in [0, 0.1) is 0 Å². The first-order chi connectivity index (χ1) is 8.13. The average Bonchev–Trinajstić information content (AvgIpc) is 2.34. The number of halogens is 2. The second-order valence-corrected chi connectivity index (χ2v) is 5.06. The zero-order chi connectivity index (χ0) is 12.4. The van der Waals surface area contributed by atoms with Gasteiger partial charge >= 0.3 is 0 Å². The van der Waals surface area contributed by atoms with E-state index in [-0.39, 0.29) is 0 Å². The van der Waals surface area contributed by atoms with E-state index in [1.807, 2.05) is 30.3 Å². The van der Waals surface area contributed by atoms with E-state index in [1.165, 1.54) is 0 Å². The molecule has 0 saturated carbocycles. The van der Waals surface area contributed by atoms with Gasteiger partial charge in [0.05, 0.1) is 0 Å². The van der Waals surface area contributed by atoms with Crippen molar-refractivity contribution in [1.82, 2.24) is 4.90 Å². The molecule has 17 heavy (non-hydrogen) atoms. The summed E-state index contributed by atoms with van der Waals surface area (Å²) in [4.78, 5) is 2.17. The summed E-state index contributed by atoms with van der Waals surface area (Å²) >= 11 is 9.40. The molecule has 2 rings (SSSR count). The van der Waals surface area contributed by atoms with E-state index in [9.17, 15) is 0 Å². The maximum atomic E-state index is 5.90. The van der Waals surface area contributed by atoms with Crippen LogP contribution in [0.2, 0.25) is 5.02 Å². The van der Waals surface area contributed by atoms with E-state index in [4.69, 9.17) is 11.6 Å². The van der Waals surface area contributed by atoms with Gasteiger partial charge in [0.2, 0.25) is 0 Å². The fourth-order valence-electron chi connectivity index (χ4n) is 1.85. The molecular formula is C14H13BrClN. The first kappa shape index (κ1) is 12.5. The van der Waals surface area contributed by atoms with E-state index in [0.29, 0.717) is 0 Å². The summed E-state index contributed by atoms with van der Waals surface area (Å²) in [5, 5.41) is 0.753. The summed E-state index contributed by atoms with van der Waals surface area (Å²) in [6, 6.07) is 7.86. The van der Waals surface area contributed by atoms with Crippen LogP contribution in [0.25, 0.3) is 5.70 Å². The van der Waals surface area contributed by atoms with Crippen molar-refractivity contribution >= 4 is 33.2 Å². The number of benzene rings is 1. The van der Waals surface area contributed by atoms with Gasteiger partial charge in [0.25, 0.3) is 0 Å². The van der Waals surface area contributed by atoms with Crippen LogP contribution in [0.15, 0.2) is 53.2 Å². The van der Waals surface area contributed by atoms with Crippen molar-refractivity contribution in [2.75, 3.05) is 6.54 Å². The van der Waals surface area contributed by atoms with Crippen LogP contribution < -0.4 is 0 Å². The lowest BCUT2D eigenvalue weighted by molar-refractivity contribution is 0.529. The molecule has 1 heterocycles. The average molecular weight is 311 g/mol. The number of likely N-dealkylation sites (N-methyl/N-ethyl adjacent to an activating group) is 1. The van der Waals surface area contributed by atoms with E-state index < -0.39 is 0 Å².